The molecule has 9 heteroatoms. The minimum absolute atomic E-state index is 0.0962. The molecule has 0 heterocycles. The van der Waals surface area contributed by atoms with E-state index < -0.39 is 32.7 Å². The number of benzene rings is 1. The van der Waals surface area contributed by atoms with Gasteiger partial charge in [-0.3, -0.25) is 9.59 Å². The summed E-state index contributed by atoms with van der Waals surface area (Å²) in [6.45, 7) is 3.08. The van der Waals surface area contributed by atoms with Crippen molar-refractivity contribution in [3.8, 4) is 0 Å². The third kappa shape index (κ3) is 3.55. The molecule has 1 aromatic carbocycles. The van der Waals surface area contributed by atoms with E-state index in [1.54, 1.807) is 13.8 Å². The fraction of sp³-hybridized carbons (Fsp3) is 0.636. The Balaban J connectivity index is 1.52. The summed E-state index contributed by atoms with van der Waals surface area (Å²) < 4.78 is 40.6. The summed E-state index contributed by atoms with van der Waals surface area (Å²) in [5, 5.41) is 3.10. The number of carbonyl (C=O) groups is 2. The highest BCUT2D eigenvalue weighted by Crippen LogP contribution is 2.60. The van der Waals surface area contributed by atoms with E-state index in [2.05, 4.69) is 5.32 Å². The first kappa shape index (κ1) is 22.2. The van der Waals surface area contributed by atoms with Crippen LogP contribution in [-0.4, -0.2) is 43.2 Å². The van der Waals surface area contributed by atoms with Crippen molar-refractivity contribution in [2.75, 3.05) is 7.05 Å². The lowest BCUT2D eigenvalue weighted by molar-refractivity contribution is -0.148. The molecule has 1 aromatic rings. The van der Waals surface area contributed by atoms with Crippen molar-refractivity contribution in [2.45, 2.75) is 62.4 Å². The number of hydrogen-bond acceptors (Lipinski definition) is 4. The number of sulfonamides is 1. The van der Waals surface area contributed by atoms with E-state index in [0.29, 0.717) is 18.8 Å². The molecule has 0 radical (unpaired) electrons. The Kier molecular flexibility index (Phi) is 5.20. The normalized spacial score (nSPS) is 32.3. The van der Waals surface area contributed by atoms with Crippen LogP contribution in [0.1, 0.15) is 46.0 Å². The summed E-state index contributed by atoms with van der Waals surface area (Å²) in [4.78, 5) is 25.2. The summed E-state index contributed by atoms with van der Waals surface area (Å²) in [7, 11) is -2.74. The quantitative estimate of drug-likeness (QED) is 0.689. The van der Waals surface area contributed by atoms with E-state index in [1.807, 2.05) is 0 Å². The lowest BCUT2D eigenvalue weighted by Crippen LogP contribution is -2.65. The number of nitrogens with one attached hydrogen (secondary N) is 1. The molecule has 2 amide bonds. The van der Waals surface area contributed by atoms with E-state index in [1.165, 1.54) is 25.2 Å². The Hall–Kier alpha value is -2.00. The maximum atomic E-state index is 13.6. The van der Waals surface area contributed by atoms with Crippen molar-refractivity contribution in [3.63, 3.8) is 0 Å². The molecule has 170 valence electrons. The van der Waals surface area contributed by atoms with E-state index in [4.69, 9.17) is 5.73 Å². The Labute approximate surface area is 182 Å². The van der Waals surface area contributed by atoms with Gasteiger partial charge < -0.3 is 11.1 Å². The number of hydrogen-bond donors (Lipinski definition) is 2. The second kappa shape index (κ2) is 7.27. The molecule has 0 aromatic heterocycles. The molecule has 7 nitrogen and oxygen atoms in total. The zero-order valence-corrected chi connectivity index (χ0v) is 18.9. The van der Waals surface area contributed by atoms with Gasteiger partial charge in [0.2, 0.25) is 21.8 Å². The zero-order chi connectivity index (χ0) is 22.8. The summed E-state index contributed by atoms with van der Waals surface area (Å²) >= 11 is 0. The number of halogens is 1. The van der Waals surface area contributed by atoms with Gasteiger partial charge in [-0.25, -0.2) is 12.8 Å². The molecule has 0 spiro atoms. The first-order valence-corrected chi connectivity index (χ1v) is 12.2. The third-order valence-corrected chi connectivity index (χ3v) is 9.92. The van der Waals surface area contributed by atoms with Gasteiger partial charge in [0.15, 0.2) is 0 Å². The summed E-state index contributed by atoms with van der Waals surface area (Å²) in [6.07, 6.45) is 4.11. The average Bonchev–Trinajstić information content (AvgIpc) is 2.69. The van der Waals surface area contributed by atoms with Crippen LogP contribution >= 0.6 is 0 Å². The molecule has 2 unspecified atom stereocenters. The summed E-state index contributed by atoms with van der Waals surface area (Å²) in [5.74, 6) is -0.498. The number of carbonyl (C=O) groups excluding carboxylic acids is 2. The van der Waals surface area contributed by atoms with Gasteiger partial charge in [0.25, 0.3) is 0 Å². The highest BCUT2D eigenvalue weighted by Gasteiger charge is 2.58. The first-order chi connectivity index (χ1) is 14.4. The van der Waals surface area contributed by atoms with Crippen molar-refractivity contribution in [2.24, 2.45) is 28.9 Å². The highest BCUT2D eigenvalue weighted by molar-refractivity contribution is 7.89. The third-order valence-electron chi connectivity index (χ3n) is 7.89. The Morgan fingerprint density at radius 2 is 1.81 bits per heavy atom. The molecule has 2 atom stereocenters. The molecule has 3 N–H and O–H groups in total. The van der Waals surface area contributed by atoms with Gasteiger partial charge >= 0.3 is 0 Å². The van der Waals surface area contributed by atoms with Crippen LogP contribution in [0.2, 0.25) is 0 Å². The topological polar surface area (TPSA) is 110 Å². The van der Waals surface area contributed by atoms with Crippen molar-refractivity contribution in [1.82, 2.24) is 9.62 Å². The molecular formula is C22H30FN3O4S. The lowest BCUT2D eigenvalue weighted by atomic mass is 9.47. The average molecular weight is 452 g/mol. The van der Waals surface area contributed by atoms with Crippen LogP contribution in [0.3, 0.4) is 0 Å². The van der Waals surface area contributed by atoms with Crippen molar-refractivity contribution >= 4 is 21.8 Å². The van der Waals surface area contributed by atoms with Crippen LogP contribution < -0.4 is 11.1 Å². The molecular weight excluding hydrogens is 421 g/mol. The van der Waals surface area contributed by atoms with Gasteiger partial charge in [-0.05, 0) is 81.9 Å². The number of nitrogens with zero attached hydrogens (tertiary/aromatic N) is 1. The molecule has 4 aliphatic carbocycles. The minimum Gasteiger partial charge on any atom is -0.369 e. The molecule has 4 saturated carbocycles. The van der Waals surface area contributed by atoms with Crippen LogP contribution in [0, 0.1) is 29.0 Å². The SMILES string of the molecule is CN(C(C)(C)C(=O)NC1C2CC3CC1CC(C(N)=O)(C3)C2)S(=O)(=O)c1cccc(F)c1. The van der Waals surface area contributed by atoms with Crippen molar-refractivity contribution in [3.05, 3.63) is 30.1 Å². The van der Waals surface area contributed by atoms with Crippen LogP contribution in [0.25, 0.3) is 0 Å². The predicted molar refractivity (Wildman–Crippen MR) is 113 cm³/mol. The van der Waals surface area contributed by atoms with Crippen LogP contribution in [0.15, 0.2) is 29.2 Å². The highest BCUT2D eigenvalue weighted by atomic mass is 32.2. The Bertz CT molecular complexity index is 1010. The molecule has 4 bridgehead atoms. The van der Waals surface area contributed by atoms with E-state index in [9.17, 15) is 22.4 Å². The van der Waals surface area contributed by atoms with Crippen LogP contribution in [0.4, 0.5) is 4.39 Å². The Morgan fingerprint density at radius 1 is 1.19 bits per heavy atom. The standard InChI is InChI=1S/C22H30FN3O4S/c1-21(2,26(3)31(29,30)17-6-4-5-16(23)9-17)20(28)25-18-14-7-13-8-15(18)12-22(10-13,11-14)19(24)27/h4-6,9,13-15,18H,7-8,10-12H2,1-3H3,(H2,24,27)(H,25,28). The fourth-order valence-corrected chi connectivity index (χ4v) is 7.63. The largest absolute Gasteiger partial charge is 0.369 e. The first-order valence-electron chi connectivity index (χ1n) is 10.7. The molecule has 4 aliphatic rings. The minimum atomic E-state index is -4.08. The molecule has 31 heavy (non-hydrogen) atoms. The maximum Gasteiger partial charge on any atom is 0.243 e. The van der Waals surface area contributed by atoms with Crippen LogP contribution in [0.5, 0.6) is 0 Å². The summed E-state index contributed by atoms with van der Waals surface area (Å²) in [5.41, 5.74) is 3.89. The number of amides is 2. The zero-order valence-electron chi connectivity index (χ0n) is 18.1. The maximum absolute atomic E-state index is 13.6. The van der Waals surface area contributed by atoms with Crippen LogP contribution in [-0.2, 0) is 19.6 Å². The smallest absolute Gasteiger partial charge is 0.243 e. The monoisotopic (exact) mass is 451 g/mol. The van der Waals surface area contributed by atoms with E-state index >= 15 is 0 Å². The second-order valence-electron chi connectivity index (χ2n) is 10.1. The summed E-state index contributed by atoms with van der Waals surface area (Å²) in [6, 6.07) is 4.65. The Morgan fingerprint density at radius 3 is 2.35 bits per heavy atom. The molecule has 0 aliphatic heterocycles. The van der Waals surface area contributed by atoms with Crippen molar-refractivity contribution in [1.29, 1.82) is 0 Å². The van der Waals surface area contributed by atoms with Gasteiger partial charge in [-0.15, -0.1) is 0 Å². The van der Waals surface area contributed by atoms with E-state index in [-0.39, 0.29) is 28.7 Å². The molecule has 0 saturated heterocycles. The van der Waals surface area contributed by atoms with Gasteiger partial charge in [-0.1, -0.05) is 6.07 Å². The van der Waals surface area contributed by atoms with Gasteiger partial charge in [0, 0.05) is 18.5 Å². The van der Waals surface area contributed by atoms with Gasteiger partial charge in [0.05, 0.1) is 4.90 Å². The van der Waals surface area contributed by atoms with Crippen molar-refractivity contribution < 1.29 is 22.4 Å². The lowest BCUT2D eigenvalue weighted by Gasteiger charge is -2.59. The van der Waals surface area contributed by atoms with Gasteiger partial charge in [-0.2, -0.15) is 4.31 Å². The van der Waals surface area contributed by atoms with E-state index in [0.717, 1.165) is 29.6 Å². The number of likely N-dealkylation sites (N-methyl/N-ethyl adjacent to an activating group) is 1. The fourth-order valence-electron chi connectivity index (χ4n) is 6.12. The molecule has 5 rings (SSSR count). The number of primary amides is 1. The number of rotatable bonds is 6. The van der Waals surface area contributed by atoms with Gasteiger partial charge in [0.1, 0.15) is 11.4 Å². The molecule has 4 fully saturated rings. The second-order valence-corrected chi connectivity index (χ2v) is 12.1. The predicted octanol–water partition coefficient (Wildman–Crippen LogP) is 2.02. The number of nitrogens with two attached hydrogens (primary N) is 1.